The maximum Gasteiger partial charge on any atom is 0.226 e. The summed E-state index contributed by atoms with van der Waals surface area (Å²) < 4.78 is 1.95. The molecule has 0 spiro atoms. The van der Waals surface area contributed by atoms with Crippen molar-refractivity contribution in [2.45, 2.75) is 52.0 Å². The Morgan fingerprint density at radius 3 is 3.00 bits per heavy atom. The van der Waals surface area contributed by atoms with E-state index in [1.54, 1.807) is 17.5 Å². The van der Waals surface area contributed by atoms with E-state index in [0.29, 0.717) is 18.5 Å². The molecule has 1 N–H and O–H groups in total. The van der Waals surface area contributed by atoms with Crippen LogP contribution in [-0.4, -0.2) is 15.5 Å². The van der Waals surface area contributed by atoms with Crippen molar-refractivity contribution >= 4 is 22.2 Å². The third-order valence-electron chi connectivity index (χ3n) is 4.29. The van der Waals surface area contributed by atoms with Gasteiger partial charge in [-0.15, -0.1) is 11.3 Å². The molecule has 0 fully saturated rings. The molecule has 0 unspecified atom stereocenters. The molecule has 6 heteroatoms. The van der Waals surface area contributed by atoms with Gasteiger partial charge < -0.3 is 9.88 Å². The lowest BCUT2D eigenvalue weighted by Gasteiger charge is -2.06. The van der Waals surface area contributed by atoms with Gasteiger partial charge in [0.2, 0.25) is 5.91 Å². The summed E-state index contributed by atoms with van der Waals surface area (Å²) in [5.74, 6) is 0.851. The average molecular weight is 328 g/mol. The normalized spacial score (nSPS) is 13.9. The third-order valence-corrected chi connectivity index (χ3v) is 5.50. The van der Waals surface area contributed by atoms with E-state index < -0.39 is 0 Å². The maximum atomic E-state index is 12.2. The fourth-order valence-electron chi connectivity index (χ4n) is 3.00. The zero-order valence-electron chi connectivity index (χ0n) is 13.3. The van der Waals surface area contributed by atoms with E-state index in [-0.39, 0.29) is 5.91 Å². The second-order valence-electron chi connectivity index (χ2n) is 5.85. The van der Waals surface area contributed by atoms with Gasteiger partial charge in [0.15, 0.2) is 0 Å². The highest BCUT2D eigenvalue weighted by Gasteiger charge is 2.20. The Balaban J connectivity index is 1.69. The summed E-state index contributed by atoms with van der Waals surface area (Å²) in [6.45, 7) is 2.52. The van der Waals surface area contributed by atoms with Gasteiger partial charge in [0.25, 0.3) is 0 Å². The number of thiophene rings is 1. The van der Waals surface area contributed by atoms with Gasteiger partial charge in [-0.25, -0.2) is 4.98 Å². The monoisotopic (exact) mass is 328 g/mol. The first-order valence-electron chi connectivity index (χ1n) is 8.01. The number of carbonyl (C=O) groups is 1. The highest BCUT2D eigenvalue weighted by atomic mass is 32.1. The maximum absolute atomic E-state index is 12.2. The third kappa shape index (κ3) is 3.45. The second kappa shape index (κ2) is 6.97. The smallest absolute Gasteiger partial charge is 0.226 e. The first-order valence-corrected chi connectivity index (χ1v) is 8.83. The molecule has 0 radical (unpaired) electrons. The van der Waals surface area contributed by atoms with Crippen molar-refractivity contribution in [3.05, 3.63) is 34.2 Å². The second-order valence-corrected chi connectivity index (χ2v) is 6.95. The van der Waals surface area contributed by atoms with Gasteiger partial charge in [-0.05, 0) is 38.2 Å². The lowest BCUT2D eigenvalue weighted by Crippen LogP contribution is -2.14. The van der Waals surface area contributed by atoms with E-state index in [1.807, 2.05) is 17.7 Å². The Labute approximate surface area is 140 Å². The molecule has 2 heterocycles. The zero-order chi connectivity index (χ0) is 16.2. The SMILES string of the molecule is Cc1nccn1CCC(=O)Nc1sc2c(c1C#N)CCCCC2. The minimum absolute atomic E-state index is 0.0500. The van der Waals surface area contributed by atoms with Crippen LogP contribution in [-0.2, 0) is 24.2 Å². The van der Waals surface area contributed by atoms with Crippen molar-refractivity contribution in [1.29, 1.82) is 5.26 Å². The highest BCUT2D eigenvalue weighted by molar-refractivity contribution is 7.16. The van der Waals surface area contributed by atoms with Crippen LogP contribution in [0.1, 0.15) is 47.5 Å². The van der Waals surface area contributed by atoms with Crippen LogP contribution in [0.2, 0.25) is 0 Å². The molecule has 120 valence electrons. The van der Waals surface area contributed by atoms with Crippen LogP contribution >= 0.6 is 11.3 Å². The van der Waals surface area contributed by atoms with Gasteiger partial charge in [0.05, 0.1) is 5.56 Å². The summed E-state index contributed by atoms with van der Waals surface area (Å²) in [5.41, 5.74) is 1.84. The number of nitriles is 1. The summed E-state index contributed by atoms with van der Waals surface area (Å²) >= 11 is 1.58. The summed E-state index contributed by atoms with van der Waals surface area (Å²) in [5, 5.41) is 13.2. The molecule has 0 aliphatic heterocycles. The fraction of sp³-hybridized carbons (Fsp3) is 0.471. The minimum Gasteiger partial charge on any atom is -0.335 e. The Morgan fingerprint density at radius 1 is 1.43 bits per heavy atom. The molecule has 1 aliphatic carbocycles. The Morgan fingerprint density at radius 2 is 2.26 bits per heavy atom. The number of fused-ring (bicyclic) bond motifs is 1. The van der Waals surface area contributed by atoms with Crippen LogP contribution in [0.25, 0.3) is 0 Å². The van der Waals surface area contributed by atoms with E-state index in [9.17, 15) is 10.1 Å². The number of aromatic nitrogens is 2. The van der Waals surface area contributed by atoms with E-state index in [0.717, 1.165) is 35.7 Å². The summed E-state index contributed by atoms with van der Waals surface area (Å²) in [7, 11) is 0. The molecule has 2 aromatic heterocycles. The molecule has 5 nitrogen and oxygen atoms in total. The standard InChI is InChI=1S/C17H20N4OS/c1-12-19-8-10-21(12)9-7-16(22)20-17-14(11-18)13-5-3-2-4-6-15(13)23-17/h8,10H,2-7,9H2,1H3,(H,20,22). The first kappa shape index (κ1) is 15.8. The molecule has 2 aromatic rings. The molecular weight excluding hydrogens is 308 g/mol. The van der Waals surface area contributed by atoms with Crippen molar-refractivity contribution < 1.29 is 4.79 Å². The van der Waals surface area contributed by atoms with Crippen LogP contribution in [0.15, 0.2) is 12.4 Å². The summed E-state index contributed by atoms with van der Waals surface area (Å²) in [6.07, 6.45) is 9.49. The van der Waals surface area contributed by atoms with Gasteiger partial charge in [-0.2, -0.15) is 5.26 Å². The number of carbonyl (C=O) groups excluding carboxylic acids is 1. The Hall–Kier alpha value is -2.13. The van der Waals surface area contributed by atoms with Crippen molar-refractivity contribution in [3.8, 4) is 6.07 Å². The zero-order valence-corrected chi connectivity index (χ0v) is 14.1. The minimum atomic E-state index is -0.0500. The number of hydrogen-bond donors (Lipinski definition) is 1. The molecule has 0 aromatic carbocycles. The number of hydrogen-bond acceptors (Lipinski definition) is 4. The van der Waals surface area contributed by atoms with Crippen LogP contribution in [0.5, 0.6) is 0 Å². The molecule has 23 heavy (non-hydrogen) atoms. The predicted molar refractivity (Wildman–Crippen MR) is 90.5 cm³/mol. The van der Waals surface area contributed by atoms with Crippen LogP contribution < -0.4 is 5.32 Å². The number of anilines is 1. The van der Waals surface area contributed by atoms with Crippen molar-refractivity contribution in [3.63, 3.8) is 0 Å². The number of nitrogens with zero attached hydrogens (tertiary/aromatic N) is 3. The van der Waals surface area contributed by atoms with Crippen molar-refractivity contribution in [2.24, 2.45) is 0 Å². The van der Waals surface area contributed by atoms with Gasteiger partial charge >= 0.3 is 0 Å². The summed E-state index contributed by atoms with van der Waals surface area (Å²) in [6, 6.07) is 2.30. The molecule has 0 saturated heterocycles. The van der Waals surface area contributed by atoms with Crippen LogP contribution in [0, 0.1) is 18.3 Å². The van der Waals surface area contributed by atoms with E-state index in [2.05, 4.69) is 16.4 Å². The number of imidazole rings is 1. The number of aryl methyl sites for hydroxylation is 3. The first-order chi connectivity index (χ1) is 11.2. The number of rotatable bonds is 4. The lowest BCUT2D eigenvalue weighted by atomic mass is 10.1. The van der Waals surface area contributed by atoms with Gasteiger partial charge in [-0.1, -0.05) is 6.42 Å². The fourth-order valence-corrected chi connectivity index (χ4v) is 4.26. The van der Waals surface area contributed by atoms with E-state index in [1.165, 1.54) is 17.7 Å². The Bertz CT molecular complexity index is 753. The van der Waals surface area contributed by atoms with Crippen molar-refractivity contribution in [2.75, 3.05) is 5.32 Å². The molecule has 0 atom stereocenters. The van der Waals surface area contributed by atoms with Crippen molar-refractivity contribution in [1.82, 2.24) is 9.55 Å². The lowest BCUT2D eigenvalue weighted by molar-refractivity contribution is -0.116. The summed E-state index contributed by atoms with van der Waals surface area (Å²) in [4.78, 5) is 17.6. The molecule has 1 aliphatic rings. The topological polar surface area (TPSA) is 70.7 Å². The average Bonchev–Trinajstić information content (AvgIpc) is 3.00. The van der Waals surface area contributed by atoms with Gasteiger partial charge in [0, 0.05) is 30.2 Å². The number of amides is 1. The highest BCUT2D eigenvalue weighted by Crippen LogP contribution is 2.36. The van der Waals surface area contributed by atoms with Crippen LogP contribution in [0.3, 0.4) is 0 Å². The van der Waals surface area contributed by atoms with E-state index in [4.69, 9.17) is 0 Å². The predicted octanol–water partition coefficient (Wildman–Crippen LogP) is 3.42. The molecule has 1 amide bonds. The van der Waals surface area contributed by atoms with E-state index >= 15 is 0 Å². The van der Waals surface area contributed by atoms with Crippen LogP contribution in [0.4, 0.5) is 5.00 Å². The van der Waals surface area contributed by atoms with Gasteiger partial charge in [0.1, 0.15) is 16.9 Å². The molecule has 3 rings (SSSR count). The molecule has 0 bridgehead atoms. The van der Waals surface area contributed by atoms with Gasteiger partial charge in [-0.3, -0.25) is 4.79 Å². The number of nitrogens with one attached hydrogen (secondary N) is 1. The molecule has 0 saturated carbocycles. The largest absolute Gasteiger partial charge is 0.335 e. The quantitative estimate of drug-likeness (QED) is 0.874. The Kier molecular flexibility index (Phi) is 4.77. The molecular formula is C17H20N4OS.